The lowest BCUT2D eigenvalue weighted by molar-refractivity contribution is -0.432. The van der Waals surface area contributed by atoms with Crippen molar-refractivity contribution < 1.29 is 24.2 Å². The number of carbonyl (C=O) groups is 1. The number of carbonyl (C=O) groups excluding carboxylic acids is 1. The topological polar surface area (TPSA) is 65.0 Å². The van der Waals surface area contributed by atoms with E-state index in [-0.39, 0.29) is 5.92 Å². The van der Waals surface area contributed by atoms with Gasteiger partial charge in [0.15, 0.2) is 0 Å². The van der Waals surface area contributed by atoms with Crippen LogP contribution in [0.5, 0.6) is 0 Å². The van der Waals surface area contributed by atoms with Crippen LogP contribution in [0, 0.1) is 0 Å². The van der Waals surface area contributed by atoms with E-state index in [2.05, 4.69) is 9.37 Å². The van der Waals surface area contributed by atoms with Crippen LogP contribution in [0.3, 0.4) is 0 Å². The molecule has 1 rings (SSSR count). The summed E-state index contributed by atoms with van der Waals surface area (Å²) in [5, 5.41) is 11.7. The van der Waals surface area contributed by atoms with E-state index >= 15 is 0 Å². The first kappa shape index (κ1) is 14.0. The summed E-state index contributed by atoms with van der Waals surface area (Å²) < 4.78 is 9.21. The molecule has 0 amide bonds. The zero-order valence-corrected chi connectivity index (χ0v) is 10.2. The first-order valence-electron chi connectivity index (χ1n) is 5.12. The summed E-state index contributed by atoms with van der Waals surface area (Å²) in [6, 6.07) is 7.50. The molecule has 0 radical (unpaired) electrons. The number of hydrogen-bond donors (Lipinski definition) is 1. The van der Waals surface area contributed by atoms with E-state index < -0.39 is 0 Å². The molecule has 0 aliphatic rings. The van der Waals surface area contributed by atoms with Gasteiger partial charge in [-0.2, -0.15) is 0 Å². The highest BCUT2D eigenvalue weighted by atomic mass is 32.2. The van der Waals surface area contributed by atoms with Gasteiger partial charge in [0.2, 0.25) is 0 Å². The highest BCUT2D eigenvalue weighted by Gasteiger charge is 2.15. The molecule has 1 aromatic rings. The molecule has 0 aliphatic heterocycles. The Labute approximate surface area is 104 Å². The van der Waals surface area contributed by atoms with Crippen LogP contribution < -0.4 is 0 Å². The maximum Gasteiger partial charge on any atom is 0.293 e. The molecule has 0 aromatic heterocycles. The molecule has 0 saturated heterocycles. The van der Waals surface area contributed by atoms with E-state index in [1.54, 1.807) is 0 Å². The lowest BCUT2D eigenvalue weighted by Gasteiger charge is -2.16. The zero-order chi connectivity index (χ0) is 12.5. The Morgan fingerprint density at radius 1 is 1.47 bits per heavy atom. The zero-order valence-electron chi connectivity index (χ0n) is 9.37. The average Bonchev–Trinajstić information content (AvgIpc) is 2.38. The quantitative estimate of drug-likeness (QED) is 0.335. The minimum absolute atomic E-state index is 0.0891. The summed E-state index contributed by atoms with van der Waals surface area (Å²) in [6.45, 7) is 2.76. The Hall–Kier alpha value is -1.08. The van der Waals surface area contributed by atoms with Gasteiger partial charge in [-0.3, -0.25) is 4.79 Å². The van der Waals surface area contributed by atoms with Gasteiger partial charge in [0.25, 0.3) is 6.47 Å². The summed E-state index contributed by atoms with van der Waals surface area (Å²) in [7, 11) is 0. The lowest BCUT2D eigenvalue weighted by atomic mass is 9.97. The minimum atomic E-state index is 0.0891. The summed E-state index contributed by atoms with van der Waals surface area (Å²) >= 11 is 0.908. The third-order valence-corrected chi connectivity index (χ3v) is 3.05. The van der Waals surface area contributed by atoms with E-state index in [0.29, 0.717) is 13.1 Å². The predicted molar refractivity (Wildman–Crippen MR) is 62.1 cm³/mol. The second-order valence-electron chi connectivity index (χ2n) is 3.30. The molecular formula is C11H14O5S. The second kappa shape index (κ2) is 8.08. The molecule has 6 heteroatoms. The first-order valence-corrected chi connectivity index (χ1v) is 5.86. The molecular weight excluding hydrogens is 244 g/mol. The molecule has 0 fully saturated rings. The van der Waals surface area contributed by atoms with Crippen LogP contribution in [0.1, 0.15) is 24.8 Å². The average molecular weight is 258 g/mol. The first-order chi connectivity index (χ1) is 8.33. The fourth-order valence-electron chi connectivity index (χ4n) is 1.53. The van der Waals surface area contributed by atoms with Crippen molar-refractivity contribution in [3.05, 3.63) is 29.8 Å². The van der Waals surface area contributed by atoms with Crippen molar-refractivity contribution in [2.24, 2.45) is 0 Å². The Bertz CT molecular complexity index is 344. The molecule has 1 unspecified atom stereocenters. The Kier molecular flexibility index (Phi) is 6.64. The maximum atomic E-state index is 10.2. The summed E-state index contributed by atoms with van der Waals surface area (Å²) in [5.41, 5.74) is 0.985. The van der Waals surface area contributed by atoms with Crippen molar-refractivity contribution in [3.8, 4) is 0 Å². The van der Waals surface area contributed by atoms with Crippen LogP contribution in [-0.4, -0.2) is 18.3 Å². The van der Waals surface area contributed by atoms with Crippen molar-refractivity contribution in [3.63, 3.8) is 0 Å². The molecule has 94 valence electrons. The van der Waals surface area contributed by atoms with Crippen LogP contribution in [0.4, 0.5) is 0 Å². The SMILES string of the molecule is CCC(COC=O)c1ccccc1SOOO. The number of hydrogen-bond acceptors (Lipinski definition) is 6. The van der Waals surface area contributed by atoms with Gasteiger partial charge in [0.1, 0.15) is 0 Å². The minimum Gasteiger partial charge on any atom is -0.467 e. The maximum absolute atomic E-state index is 10.2. The normalized spacial score (nSPS) is 12.1. The van der Waals surface area contributed by atoms with Gasteiger partial charge in [-0.05, 0) is 18.1 Å². The van der Waals surface area contributed by atoms with E-state index in [4.69, 9.17) is 9.99 Å². The van der Waals surface area contributed by atoms with Gasteiger partial charge in [0.05, 0.1) is 18.6 Å². The van der Waals surface area contributed by atoms with Crippen molar-refractivity contribution in [2.45, 2.75) is 24.2 Å². The highest BCUT2D eigenvalue weighted by molar-refractivity contribution is 7.94. The van der Waals surface area contributed by atoms with E-state index in [9.17, 15) is 4.79 Å². The third kappa shape index (κ3) is 4.35. The molecule has 17 heavy (non-hydrogen) atoms. The van der Waals surface area contributed by atoms with Crippen LogP contribution in [0.15, 0.2) is 29.2 Å². The molecule has 1 N–H and O–H groups in total. The summed E-state index contributed by atoms with van der Waals surface area (Å²) in [6.07, 6.45) is 0.825. The van der Waals surface area contributed by atoms with Gasteiger partial charge in [-0.1, -0.05) is 30.2 Å². The van der Waals surface area contributed by atoms with E-state index in [1.165, 1.54) is 0 Å². The van der Waals surface area contributed by atoms with Crippen molar-refractivity contribution in [1.82, 2.24) is 0 Å². The summed E-state index contributed by atoms with van der Waals surface area (Å²) in [5.74, 6) is 0.0891. The fourth-order valence-corrected chi connectivity index (χ4v) is 2.10. The van der Waals surface area contributed by atoms with Gasteiger partial charge >= 0.3 is 0 Å². The van der Waals surface area contributed by atoms with Gasteiger partial charge < -0.3 is 4.74 Å². The largest absolute Gasteiger partial charge is 0.467 e. The number of benzene rings is 1. The van der Waals surface area contributed by atoms with Crippen LogP contribution in [0.2, 0.25) is 0 Å². The molecule has 1 atom stereocenters. The molecule has 0 heterocycles. The van der Waals surface area contributed by atoms with Crippen molar-refractivity contribution in [1.29, 1.82) is 0 Å². The molecule has 0 bridgehead atoms. The Balaban J connectivity index is 2.80. The summed E-state index contributed by atoms with van der Waals surface area (Å²) in [4.78, 5) is 11.0. The van der Waals surface area contributed by atoms with Gasteiger partial charge in [-0.15, -0.1) is 4.33 Å². The monoisotopic (exact) mass is 258 g/mol. The highest BCUT2D eigenvalue weighted by Crippen LogP contribution is 2.31. The van der Waals surface area contributed by atoms with Crippen LogP contribution in [0.25, 0.3) is 0 Å². The fraction of sp³-hybridized carbons (Fsp3) is 0.364. The molecule has 0 aliphatic carbocycles. The molecule has 0 saturated carbocycles. The predicted octanol–water partition coefficient (Wildman–Crippen LogP) is 2.78. The van der Waals surface area contributed by atoms with Crippen molar-refractivity contribution in [2.75, 3.05) is 6.61 Å². The standard InChI is InChI=1S/C11H14O5S/c1-2-9(7-14-8-12)10-5-3-4-6-11(10)17-16-15-13/h3-6,8-9,13H,2,7H2,1H3. The van der Waals surface area contributed by atoms with Crippen LogP contribution in [-0.2, 0) is 18.9 Å². The lowest BCUT2D eigenvalue weighted by Crippen LogP contribution is -2.07. The van der Waals surface area contributed by atoms with Gasteiger partial charge in [-0.25, -0.2) is 5.26 Å². The Morgan fingerprint density at radius 3 is 2.88 bits per heavy atom. The smallest absolute Gasteiger partial charge is 0.293 e. The molecule has 1 aromatic carbocycles. The Morgan fingerprint density at radius 2 is 2.24 bits per heavy atom. The second-order valence-corrected chi connectivity index (χ2v) is 4.04. The molecule has 5 nitrogen and oxygen atoms in total. The molecule has 0 spiro atoms. The van der Waals surface area contributed by atoms with Crippen molar-refractivity contribution >= 4 is 18.5 Å². The van der Waals surface area contributed by atoms with Gasteiger partial charge in [0, 0.05) is 10.8 Å². The number of ether oxygens (including phenoxy) is 1. The number of rotatable bonds is 8. The van der Waals surface area contributed by atoms with E-state index in [1.807, 2.05) is 31.2 Å². The van der Waals surface area contributed by atoms with E-state index in [0.717, 1.165) is 28.9 Å². The third-order valence-electron chi connectivity index (χ3n) is 2.37. The van der Waals surface area contributed by atoms with Crippen LogP contribution >= 0.6 is 12.0 Å².